The van der Waals surface area contributed by atoms with Crippen LogP contribution in [0.4, 0.5) is 11.4 Å². The Morgan fingerprint density at radius 2 is 1.01 bits per heavy atom. The summed E-state index contributed by atoms with van der Waals surface area (Å²) in [5.74, 6) is 0. The number of fused-ring (bicyclic) bond motifs is 13. The fourth-order valence-electron chi connectivity index (χ4n) is 14.7. The number of anilines is 2. The van der Waals surface area contributed by atoms with E-state index in [4.69, 9.17) is 4.42 Å². The zero-order chi connectivity index (χ0) is 51.2. The van der Waals surface area contributed by atoms with Crippen molar-refractivity contribution < 1.29 is 4.42 Å². The molecule has 0 unspecified atom stereocenters. The van der Waals surface area contributed by atoms with Crippen LogP contribution in [0.1, 0.15) is 155 Å². The van der Waals surface area contributed by atoms with Crippen molar-refractivity contribution in [2.45, 2.75) is 154 Å². The molecule has 3 heterocycles. The maximum atomic E-state index is 6.73. The molecule has 4 heteroatoms. The monoisotopic (exact) mass is 966 g/mol. The van der Waals surface area contributed by atoms with Crippen LogP contribution in [-0.2, 0) is 32.5 Å². The highest BCUT2D eigenvalue weighted by Gasteiger charge is 2.42. The van der Waals surface area contributed by atoms with Gasteiger partial charge in [0, 0.05) is 49.7 Å². The largest absolute Gasteiger partial charge is 0.456 e. The van der Waals surface area contributed by atoms with Crippen molar-refractivity contribution in [2.24, 2.45) is 0 Å². The molecule has 3 nitrogen and oxygen atoms in total. The topological polar surface area (TPSA) is 30.1 Å². The van der Waals surface area contributed by atoms with Crippen LogP contribution in [0.15, 0.2) is 132 Å². The molecule has 0 amide bonds. The van der Waals surface area contributed by atoms with E-state index in [9.17, 15) is 0 Å². The summed E-state index contributed by atoms with van der Waals surface area (Å²) in [7, 11) is 2.59. The molecular weight excluding hydrogens is 896 g/mol. The number of benzene rings is 8. The Labute approximate surface area is 439 Å². The summed E-state index contributed by atoms with van der Waals surface area (Å²) in [6.07, 6.45) is 6.98. The van der Waals surface area contributed by atoms with Gasteiger partial charge in [-0.3, -0.25) is 0 Å². The molecule has 0 fully saturated rings. The molecule has 0 bridgehead atoms. The van der Waals surface area contributed by atoms with Crippen LogP contribution in [0, 0.1) is 0 Å². The first-order chi connectivity index (χ1) is 35.1. The molecule has 10 aromatic rings. The lowest BCUT2D eigenvalue weighted by Gasteiger charge is -2.43. The number of hydrogen-bond acceptors (Lipinski definition) is 2. The second kappa shape index (κ2) is 15.1. The molecule has 4 aliphatic rings. The summed E-state index contributed by atoms with van der Waals surface area (Å²) in [4.78, 5) is 0. The molecule has 14 rings (SSSR count). The highest BCUT2D eigenvalue weighted by atomic mass is 16.3. The van der Waals surface area contributed by atoms with Gasteiger partial charge in [-0.1, -0.05) is 161 Å². The molecule has 74 heavy (non-hydrogen) atoms. The Kier molecular flexibility index (Phi) is 9.39. The SMILES string of the molecule is CC1(C)CCC(C)(C)c2cc(Nc3cc4c(cc3-c3cc(-c5cccc6oc7ccccc7c56)c5c6c7ccccc7ccc6n6c5c3[B]c3cc5c(cc3-6)C(C)(C)CCC5(C)C)C(C)(C)CCC4(C)C)ccc21. The Morgan fingerprint density at radius 1 is 0.432 bits per heavy atom. The van der Waals surface area contributed by atoms with Crippen LogP contribution in [0.3, 0.4) is 0 Å². The molecule has 0 spiro atoms. The fourth-order valence-corrected chi connectivity index (χ4v) is 14.7. The van der Waals surface area contributed by atoms with Crippen LogP contribution < -0.4 is 16.2 Å². The van der Waals surface area contributed by atoms with Crippen molar-refractivity contribution in [1.29, 1.82) is 0 Å². The van der Waals surface area contributed by atoms with Crippen molar-refractivity contribution in [3.05, 3.63) is 161 Å². The summed E-state index contributed by atoms with van der Waals surface area (Å²) < 4.78 is 9.42. The van der Waals surface area contributed by atoms with E-state index in [1.165, 1.54) is 124 Å². The molecule has 1 radical (unpaired) electrons. The van der Waals surface area contributed by atoms with Crippen molar-refractivity contribution >= 4 is 84.1 Å². The second-order valence-electron chi connectivity index (χ2n) is 27.1. The average molecular weight is 966 g/mol. The predicted octanol–water partition coefficient (Wildman–Crippen LogP) is 17.9. The molecule has 0 atom stereocenters. The lowest BCUT2D eigenvalue weighted by molar-refractivity contribution is 0.332. The van der Waals surface area contributed by atoms with Gasteiger partial charge in [-0.2, -0.15) is 0 Å². The second-order valence-corrected chi connectivity index (χ2v) is 27.1. The molecule has 3 aliphatic carbocycles. The Morgan fingerprint density at radius 3 is 1.72 bits per heavy atom. The lowest BCUT2D eigenvalue weighted by atomic mass is 9.55. The first-order valence-corrected chi connectivity index (χ1v) is 27.7. The van der Waals surface area contributed by atoms with Crippen LogP contribution in [0.2, 0.25) is 0 Å². The fraction of sp³-hybridized carbons (Fsp3) is 0.343. The minimum absolute atomic E-state index is 0.00734. The molecule has 369 valence electrons. The molecule has 1 N–H and O–H groups in total. The normalized spacial score (nSPS) is 19.2. The third-order valence-electron chi connectivity index (χ3n) is 19.6. The van der Waals surface area contributed by atoms with Gasteiger partial charge in [0.1, 0.15) is 11.2 Å². The van der Waals surface area contributed by atoms with E-state index in [-0.39, 0.29) is 32.5 Å². The van der Waals surface area contributed by atoms with E-state index < -0.39 is 0 Å². The summed E-state index contributed by atoms with van der Waals surface area (Å²) in [5.41, 5.74) is 24.6. The summed E-state index contributed by atoms with van der Waals surface area (Å²) in [6, 6.07) is 49.4. The van der Waals surface area contributed by atoms with Crippen molar-refractivity contribution in [3.63, 3.8) is 0 Å². The summed E-state index contributed by atoms with van der Waals surface area (Å²) in [5, 5.41) is 11.7. The smallest absolute Gasteiger partial charge is 0.197 e. The van der Waals surface area contributed by atoms with Gasteiger partial charge in [0.25, 0.3) is 0 Å². The minimum atomic E-state index is -0.00734. The number of nitrogens with one attached hydrogen (secondary N) is 1. The highest BCUT2D eigenvalue weighted by Crippen LogP contribution is 2.54. The maximum Gasteiger partial charge on any atom is 0.197 e. The van der Waals surface area contributed by atoms with Gasteiger partial charge in [0.15, 0.2) is 7.28 Å². The van der Waals surface area contributed by atoms with E-state index in [1.54, 1.807) is 0 Å². The quantitative estimate of drug-likeness (QED) is 0.178. The summed E-state index contributed by atoms with van der Waals surface area (Å²) in [6.45, 7) is 29.5. The average Bonchev–Trinajstić information content (AvgIpc) is 3.94. The molecule has 0 saturated carbocycles. The van der Waals surface area contributed by atoms with Crippen LogP contribution >= 0.6 is 0 Å². The third kappa shape index (κ3) is 6.51. The van der Waals surface area contributed by atoms with Gasteiger partial charge in [-0.05, 0) is 192 Å². The number of aromatic nitrogens is 1. The van der Waals surface area contributed by atoms with E-state index in [0.717, 1.165) is 52.6 Å². The highest BCUT2D eigenvalue weighted by molar-refractivity contribution is 6.74. The van der Waals surface area contributed by atoms with E-state index in [1.807, 2.05) is 0 Å². The minimum Gasteiger partial charge on any atom is -0.456 e. The van der Waals surface area contributed by atoms with E-state index in [2.05, 4.69) is 228 Å². The number of para-hydroxylation sites is 1. The summed E-state index contributed by atoms with van der Waals surface area (Å²) >= 11 is 0. The van der Waals surface area contributed by atoms with E-state index >= 15 is 0 Å². The predicted molar refractivity (Wildman–Crippen MR) is 317 cm³/mol. The third-order valence-corrected chi connectivity index (χ3v) is 19.6. The van der Waals surface area contributed by atoms with Crippen molar-refractivity contribution in [1.82, 2.24) is 4.57 Å². The van der Waals surface area contributed by atoms with Gasteiger partial charge < -0.3 is 14.3 Å². The lowest BCUT2D eigenvalue weighted by Crippen LogP contribution is -2.41. The van der Waals surface area contributed by atoms with Gasteiger partial charge in [0.2, 0.25) is 0 Å². The number of furan rings is 1. The number of rotatable bonds is 4. The molecule has 8 aromatic carbocycles. The molecule has 2 aromatic heterocycles. The first-order valence-electron chi connectivity index (χ1n) is 27.7. The standard InChI is InChI=1S/C70H70BN2O/c1-65(2)28-29-66(3,4)49-34-41(25-26-48(49)65)72-55-38-52-50(67(5,6)30-32-69(52,9)10)36-45(55)47-35-46(43-21-17-23-59-60(43)44-20-15-16-22-58(44)74-59)62-61-42-19-14-13-18-40(42)24-27-56(61)73-57-39-53-51(37-54(57)71-63(47)64(62)73)68(7,8)31-33-70(53,11)12/h13-27,34-39,72H,28-33H2,1-12H3. The number of hydrogen-bond donors (Lipinski definition) is 1. The molecular formula is C70H70BN2O. The van der Waals surface area contributed by atoms with Crippen molar-refractivity contribution in [3.8, 4) is 27.9 Å². The van der Waals surface area contributed by atoms with Crippen LogP contribution in [-0.4, -0.2) is 11.8 Å². The van der Waals surface area contributed by atoms with Crippen molar-refractivity contribution in [2.75, 3.05) is 5.32 Å². The van der Waals surface area contributed by atoms with Gasteiger partial charge >= 0.3 is 0 Å². The Hall–Kier alpha value is -6.52. The zero-order valence-corrected chi connectivity index (χ0v) is 45.8. The van der Waals surface area contributed by atoms with Crippen LogP contribution in [0.5, 0.6) is 0 Å². The Balaban J connectivity index is 1.15. The number of nitrogens with zero attached hydrogens (tertiary/aromatic N) is 1. The maximum absolute atomic E-state index is 6.73. The van der Waals surface area contributed by atoms with Gasteiger partial charge in [-0.25, -0.2) is 0 Å². The zero-order valence-electron chi connectivity index (χ0n) is 45.8. The Bertz CT molecular complexity index is 4090. The van der Waals surface area contributed by atoms with E-state index in [0.29, 0.717) is 0 Å². The van der Waals surface area contributed by atoms with Gasteiger partial charge in [0.05, 0.1) is 5.52 Å². The van der Waals surface area contributed by atoms with Crippen LogP contribution in [0.25, 0.3) is 82.5 Å². The van der Waals surface area contributed by atoms with Gasteiger partial charge in [-0.15, -0.1) is 0 Å². The first kappa shape index (κ1) is 46.0. The molecule has 1 aliphatic heterocycles. The molecule has 0 saturated heterocycles.